The molecule has 0 bridgehead atoms. The van der Waals surface area contributed by atoms with Crippen molar-refractivity contribution in [3.63, 3.8) is 0 Å². The molecule has 0 saturated carbocycles. The van der Waals surface area contributed by atoms with Crippen LogP contribution in [0.2, 0.25) is 5.28 Å². The minimum absolute atomic E-state index is 0.224. The van der Waals surface area contributed by atoms with Crippen LogP contribution in [-0.2, 0) is 0 Å². The van der Waals surface area contributed by atoms with Crippen molar-refractivity contribution in [2.45, 2.75) is 40.2 Å². The van der Waals surface area contributed by atoms with Gasteiger partial charge in [0.2, 0.25) is 17.2 Å². The lowest BCUT2D eigenvalue weighted by Crippen LogP contribution is -2.34. The van der Waals surface area contributed by atoms with Gasteiger partial charge in [0.15, 0.2) is 0 Å². The Morgan fingerprint density at radius 1 is 1.22 bits per heavy atom. The summed E-state index contributed by atoms with van der Waals surface area (Å²) in [6.45, 7) is 9.38. The zero-order chi connectivity index (χ0) is 13.7. The van der Waals surface area contributed by atoms with Gasteiger partial charge in [-0.15, -0.1) is 0 Å². The number of hydrogen-bond acceptors (Lipinski definition) is 5. The van der Waals surface area contributed by atoms with Crippen LogP contribution in [0.5, 0.6) is 0 Å². The number of nitrogens with zero attached hydrogens (tertiary/aromatic N) is 4. The Kier molecular flexibility index (Phi) is 5.59. The van der Waals surface area contributed by atoms with Crippen molar-refractivity contribution < 1.29 is 0 Å². The molecule has 18 heavy (non-hydrogen) atoms. The van der Waals surface area contributed by atoms with Crippen molar-refractivity contribution in [1.82, 2.24) is 15.0 Å². The maximum Gasteiger partial charge on any atom is 0.231 e. The van der Waals surface area contributed by atoms with Gasteiger partial charge in [-0.3, -0.25) is 0 Å². The molecule has 0 spiro atoms. The molecule has 5 nitrogen and oxygen atoms in total. The third-order valence-corrected chi connectivity index (χ3v) is 3.19. The topological polar surface area (TPSA) is 53.9 Å². The first-order valence-corrected chi connectivity index (χ1v) is 6.71. The predicted molar refractivity (Wildman–Crippen MR) is 76.3 cm³/mol. The first-order chi connectivity index (χ1) is 8.45. The molecule has 0 aliphatic heterocycles. The first-order valence-electron chi connectivity index (χ1n) is 6.34. The van der Waals surface area contributed by atoms with Crippen LogP contribution in [0.1, 0.15) is 34.1 Å². The van der Waals surface area contributed by atoms with E-state index in [0.29, 0.717) is 23.9 Å². The van der Waals surface area contributed by atoms with Gasteiger partial charge in [0.05, 0.1) is 0 Å². The zero-order valence-electron chi connectivity index (χ0n) is 11.7. The lowest BCUT2D eigenvalue weighted by molar-refractivity contribution is 0.499. The monoisotopic (exact) mass is 271 g/mol. The highest BCUT2D eigenvalue weighted by Crippen LogP contribution is 2.17. The third kappa shape index (κ3) is 3.98. The third-order valence-electron chi connectivity index (χ3n) is 3.02. The summed E-state index contributed by atoms with van der Waals surface area (Å²) in [5.41, 5.74) is 0. The van der Waals surface area contributed by atoms with Crippen LogP contribution in [0.15, 0.2) is 0 Å². The standard InChI is InChI=1S/C12H22ClN5/c1-6-7-14-11-15-10(13)16-12(17-11)18(5)9(4)8(2)3/h8-9H,6-7H2,1-5H3,(H,14,15,16,17). The van der Waals surface area contributed by atoms with Crippen molar-refractivity contribution in [2.24, 2.45) is 5.92 Å². The van der Waals surface area contributed by atoms with Crippen molar-refractivity contribution >= 4 is 23.5 Å². The lowest BCUT2D eigenvalue weighted by atomic mass is 10.1. The summed E-state index contributed by atoms with van der Waals surface area (Å²) in [5, 5.41) is 3.35. The fourth-order valence-electron chi connectivity index (χ4n) is 1.44. The Labute approximate surface area is 114 Å². The summed E-state index contributed by atoms with van der Waals surface area (Å²) in [5.74, 6) is 1.65. The Bertz CT molecular complexity index is 383. The Morgan fingerprint density at radius 3 is 2.44 bits per heavy atom. The van der Waals surface area contributed by atoms with Crippen LogP contribution in [0.4, 0.5) is 11.9 Å². The van der Waals surface area contributed by atoms with E-state index in [0.717, 1.165) is 13.0 Å². The molecule has 0 fully saturated rings. The van der Waals surface area contributed by atoms with Gasteiger partial charge >= 0.3 is 0 Å². The summed E-state index contributed by atoms with van der Waals surface area (Å²) >= 11 is 5.93. The van der Waals surface area contributed by atoms with Gasteiger partial charge in [0.25, 0.3) is 0 Å². The van der Waals surface area contributed by atoms with Crippen molar-refractivity contribution in [3.05, 3.63) is 5.28 Å². The molecule has 0 aliphatic rings. The molecule has 1 N–H and O–H groups in total. The van der Waals surface area contributed by atoms with Crippen LogP contribution >= 0.6 is 11.6 Å². The highest BCUT2D eigenvalue weighted by atomic mass is 35.5. The smallest absolute Gasteiger partial charge is 0.231 e. The second-order valence-corrected chi connectivity index (χ2v) is 5.09. The minimum Gasteiger partial charge on any atom is -0.354 e. The molecule has 1 aromatic heterocycles. The Morgan fingerprint density at radius 2 is 1.89 bits per heavy atom. The summed E-state index contributed by atoms with van der Waals surface area (Å²) < 4.78 is 0. The van der Waals surface area contributed by atoms with Crippen molar-refractivity contribution in [2.75, 3.05) is 23.8 Å². The van der Waals surface area contributed by atoms with E-state index in [1.54, 1.807) is 0 Å². The van der Waals surface area contributed by atoms with Crippen LogP contribution in [0.25, 0.3) is 0 Å². The maximum absolute atomic E-state index is 5.93. The number of aromatic nitrogens is 3. The molecular weight excluding hydrogens is 250 g/mol. The van der Waals surface area contributed by atoms with E-state index in [-0.39, 0.29) is 5.28 Å². The molecule has 0 saturated heterocycles. The summed E-state index contributed by atoms with van der Waals surface area (Å²) in [6.07, 6.45) is 1.01. The number of rotatable bonds is 6. The average molecular weight is 272 g/mol. The van der Waals surface area contributed by atoms with E-state index in [4.69, 9.17) is 11.6 Å². The largest absolute Gasteiger partial charge is 0.354 e. The highest BCUT2D eigenvalue weighted by molar-refractivity contribution is 6.28. The molecule has 1 unspecified atom stereocenters. The van der Waals surface area contributed by atoms with E-state index in [1.165, 1.54) is 0 Å². The molecule has 1 atom stereocenters. The van der Waals surface area contributed by atoms with Gasteiger partial charge < -0.3 is 10.2 Å². The Balaban J connectivity index is 2.91. The SMILES string of the molecule is CCCNc1nc(Cl)nc(N(C)C(C)C(C)C)n1. The lowest BCUT2D eigenvalue weighted by Gasteiger charge is -2.28. The van der Waals surface area contributed by atoms with E-state index in [2.05, 4.69) is 48.0 Å². The van der Waals surface area contributed by atoms with Gasteiger partial charge in [0.1, 0.15) is 0 Å². The van der Waals surface area contributed by atoms with E-state index < -0.39 is 0 Å². The molecule has 0 aliphatic carbocycles. The van der Waals surface area contributed by atoms with Gasteiger partial charge in [-0.1, -0.05) is 20.8 Å². The van der Waals surface area contributed by atoms with Crippen LogP contribution in [0.3, 0.4) is 0 Å². The van der Waals surface area contributed by atoms with Crippen LogP contribution in [0, 0.1) is 5.92 Å². The Hall–Kier alpha value is -1.10. The van der Waals surface area contributed by atoms with E-state index in [9.17, 15) is 0 Å². The average Bonchev–Trinajstić information content (AvgIpc) is 2.33. The van der Waals surface area contributed by atoms with E-state index >= 15 is 0 Å². The van der Waals surface area contributed by atoms with Gasteiger partial charge in [-0.25, -0.2) is 0 Å². The van der Waals surface area contributed by atoms with Crippen LogP contribution in [-0.4, -0.2) is 34.6 Å². The molecule has 0 amide bonds. The molecule has 102 valence electrons. The van der Waals surface area contributed by atoms with Gasteiger partial charge in [-0.05, 0) is 30.9 Å². The number of halogens is 1. The molecule has 1 aromatic rings. The number of hydrogen-bond donors (Lipinski definition) is 1. The summed E-state index contributed by atoms with van der Waals surface area (Å²) in [7, 11) is 1.97. The first kappa shape index (κ1) is 15.0. The van der Waals surface area contributed by atoms with E-state index in [1.807, 2.05) is 11.9 Å². The zero-order valence-corrected chi connectivity index (χ0v) is 12.5. The second-order valence-electron chi connectivity index (χ2n) is 4.75. The van der Waals surface area contributed by atoms with Crippen LogP contribution < -0.4 is 10.2 Å². The quantitative estimate of drug-likeness (QED) is 0.862. The summed E-state index contributed by atoms with van der Waals surface area (Å²) in [6, 6.07) is 0.336. The molecule has 0 aromatic carbocycles. The number of nitrogens with one attached hydrogen (secondary N) is 1. The van der Waals surface area contributed by atoms with Crippen molar-refractivity contribution in [1.29, 1.82) is 0 Å². The predicted octanol–water partition coefficient (Wildman–Crippen LogP) is 2.83. The molecule has 1 rings (SSSR count). The van der Waals surface area contributed by atoms with Gasteiger partial charge in [-0.2, -0.15) is 15.0 Å². The summed E-state index contributed by atoms with van der Waals surface area (Å²) in [4.78, 5) is 14.6. The highest BCUT2D eigenvalue weighted by Gasteiger charge is 2.17. The molecular formula is C12H22ClN5. The van der Waals surface area contributed by atoms with Gasteiger partial charge in [0, 0.05) is 19.6 Å². The second kappa shape index (κ2) is 6.73. The van der Waals surface area contributed by atoms with Crippen molar-refractivity contribution in [3.8, 4) is 0 Å². The molecule has 0 radical (unpaired) electrons. The fourth-order valence-corrected chi connectivity index (χ4v) is 1.60. The minimum atomic E-state index is 0.224. The number of anilines is 2. The maximum atomic E-state index is 5.93. The molecule has 1 heterocycles. The normalized spacial score (nSPS) is 12.6. The fraction of sp³-hybridized carbons (Fsp3) is 0.750. The molecule has 6 heteroatoms.